The van der Waals surface area contributed by atoms with E-state index in [1.165, 1.54) is 12.1 Å². The number of carbonyl (C=O) groups excluding carboxylic acids is 1. The molecule has 4 N–H and O–H groups in total. The van der Waals surface area contributed by atoms with E-state index in [0.717, 1.165) is 38.6 Å². The van der Waals surface area contributed by atoms with Crippen LogP contribution < -0.4 is 20.2 Å². The van der Waals surface area contributed by atoms with Crippen LogP contribution in [0.25, 0.3) is 0 Å². The first-order chi connectivity index (χ1) is 17.0. The molecule has 3 rings (SSSR count). The van der Waals surface area contributed by atoms with E-state index in [2.05, 4.69) is 15.1 Å². The maximum atomic E-state index is 15.2. The van der Waals surface area contributed by atoms with Gasteiger partial charge in [-0.15, -0.1) is 0 Å². The van der Waals surface area contributed by atoms with E-state index in [9.17, 15) is 22.0 Å². The van der Waals surface area contributed by atoms with Crippen molar-refractivity contribution in [1.29, 1.82) is 0 Å². The molecule has 1 amide bonds. The fourth-order valence-electron chi connectivity index (χ4n) is 3.06. The first-order valence-electron chi connectivity index (χ1n) is 9.88. The Balaban J connectivity index is 2.08. The number of nitrogens with one attached hydrogen (secondary N) is 4. The summed E-state index contributed by atoms with van der Waals surface area (Å²) in [7, 11) is -1.90. The van der Waals surface area contributed by atoms with Gasteiger partial charge in [-0.05, 0) is 64.0 Å². The molecule has 0 bridgehead atoms. The number of carbonyl (C=O) groups is 1. The van der Waals surface area contributed by atoms with Crippen LogP contribution in [0.2, 0.25) is 0 Å². The van der Waals surface area contributed by atoms with Crippen LogP contribution in [0.4, 0.5) is 34.8 Å². The highest BCUT2D eigenvalue weighted by Crippen LogP contribution is 2.32. The summed E-state index contributed by atoms with van der Waals surface area (Å²) in [4.78, 5) is 20.7. The van der Waals surface area contributed by atoms with Gasteiger partial charge in [0.2, 0.25) is 0 Å². The summed E-state index contributed by atoms with van der Waals surface area (Å²) in [5.74, 6) is -6.55. The van der Waals surface area contributed by atoms with Gasteiger partial charge in [0, 0.05) is 23.2 Å². The number of amides is 1. The molecule has 0 unspecified atom stereocenters. The number of hydroxylamine groups is 1. The van der Waals surface area contributed by atoms with Crippen molar-refractivity contribution in [2.24, 2.45) is 0 Å². The number of benzene rings is 2. The Morgan fingerprint density at radius 2 is 1.78 bits per heavy atom. The molecule has 0 aliphatic heterocycles. The molecule has 0 aliphatic rings. The highest BCUT2D eigenvalue weighted by atomic mass is 127. The molecular formula is C21H18F4IN5O4S. The van der Waals surface area contributed by atoms with E-state index in [1.54, 1.807) is 0 Å². The number of rotatable bonds is 9. The third kappa shape index (κ3) is 6.21. The van der Waals surface area contributed by atoms with Crippen molar-refractivity contribution in [2.75, 3.05) is 24.2 Å². The Bertz CT molecular complexity index is 1430. The fraction of sp³-hybridized carbons (Fsp3) is 0.143. The number of hydrogen-bond donors (Lipinski definition) is 4. The van der Waals surface area contributed by atoms with Gasteiger partial charge in [-0.1, -0.05) is 0 Å². The number of hydrogen-bond acceptors (Lipinski definition) is 6. The van der Waals surface area contributed by atoms with Crippen LogP contribution >= 0.6 is 22.6 Å². The zero-order valence-electron chi connectivity index (χ0n) is 18.5. The van der Waals surface area contributed by atoms with Crippen LogP contribution in [0.15, 0.2) is 36.5 Å². The minimum absolute atomic E-state index is 0.227. The quantitative estimate of drug-likeness (QED) is 0.161. The lowest BCUT2D eigenvalue weighted by atomic mass is 10.00. The molecule has 0 aliphatic carbocycles. The van der Waals surface area contributed by atoms with Gasteiger partial charge in [0.05, 0.1) is 24.0 Å². The lowest BCUT2D eigenvalue weighted by Crippen LogP contribution is -2.27. The Morgan fingerprint density at radius 3 is 2.42 bits per heavy atom. The molecule has 0 radical (unpaired) electrons. The third-order valence-electron chi connectivity index (χ3n) is 4.76. The van der Waals surface area contributed by atoms with E-state index in [0.29, 0.717) is 3.57 Å². The summed E-state index contributed by atoms with van der Waals surface area (Å²) >= 11 is 1.86. The van der Waals surface area contributed by atoms with Gasteiger partial charge in [0.15, 0.2) is 23.3 Å². The van der Waals surface area contributed by atoms with Crippen LogP contribution in [-0.2, 0) is 21.5 Å². The smallest absolute Gasteiger partial charge is 0.300 e. The van der Waals surface area contributed by atoms with E-state index in [-0.39, 0.29) is 11.3 Å². The van der Waals surface area contributed by atoms with Crippen molar-refractivity contribution in [1.82, 2.24) is 15.2 Å². The summed E-state index contributed by atoms with van der Waals surface area (Å²) in [6, 6.07) is 6.01. The van der Waals surface area contributed by atoms with Crippen molar-refractivity contribution in [3.8, 4) is 0 Å². The topological polar surface area (TPSA) is 121 Å². The zero-order valence-corrected chi connectivity index (χ0v) is 21.5. The minimum Gasteiger partial charge on any atom is -0.350 e. The number of halogens is 5. The Labute approximate surface area is 216 Å². The Kier molecular flexibility index (Phi) is 8.70. The van der Waals surface area contributed by atoms with Crippen LogP contribution in [0.5, 0.6) is 0 Å². The Hall–Kier alpha value is -3.02. The van der Waals surface area contributed by atoms with Gasteiger partial charge in [-0.2, -0.15) is 8.42 Å². The summed E-state index contributed by atoms with van der Waals surface area (Å²) in [5, 5.41) is 2.38. The molecular weight excluding hydrogens is 621 g/mol. The highest BCUT2D eigenvalue weighted by Gasteiger charge is 2.25. The van der Waals surface area contributed by atoms with Crippen LogP contribution in [0.3, 0.4) is 0 Å². The van der Waals surface area contributed by atoms with Crippen molar-refractivity contribution in [3.63, 3.8) is 0 Å². The number of anilines is 3. The average molecular weight is 639 g/mol. The van der Waals surface area contributed by atoms with Crippen molar-refractivity contribution in [2.45, 2.75) is 6.42 Å². The molecule has 1 heterocycles. The number of aromatic nitrogens is 1. The standard InChI is InChI=1S/C21H18F4IN5O4S/c1-27-36(33,34)31-20-17(24)10(5-6-28-20)7-11-8-13(21(32)30-35-2)19(18(25)16(11)23)29-15-4-3-12(26)9-14(15)22/h3-6,8-9,27,29H,7H2,1-2H3,(H,28,31)(H,30,32). The van der Waals surface area contributed by atoms with E-state index in [1.807, 2.05) is 37.5 Å². The normalized spacial score (nSPS) is 11.3. The maximum absolute atomic E-state index is 15.2. The molecule has 0 saturated carbocycles. The monoisotopic (exact) mass is 639 g/mol. The van der Waals surface area contributed by atoms with Gasteiger partial charge in [0.25, 0.3) is 16.1 Å². The molecule has 0 saturated heterocycles. The molecule has 15 heteroatoms. The van der Waals surface area contributed by atoms with Gasteiger partial charge in [0.1, 0.15) is 5.82 Å². The van der Waals surface area contributed by atoms with Crippen molar-refractivity contribution in [3.05, 3.63) is 80.1 Å². The molecule has 192 valence electrons. The van der Waals surface area contributed by atoms with E-state index in [4.69, 9.17) is 0 Å². The second kappa shape index (κ2) is 11.4. The predicted octanol–water partition coefficient (Wildman–Crippen LogP) is 3.74. The highest BCUT2D eigenvalue weighted by molar-refractivity contribution is 14.1. The number of pyridine rings is 1. The van der Waals surface area contributed by atoms with Crippen molar-refractivity contribution >= 4 is 55.9 Å². The van der Waals surface area contributed by atoms with E-state index >= 15 is 8.78 Å². The summed E-state index contributed by atoms with van der Waals surface area (Å²) in [6.07, 6.45) is 0.477. The van der Waals surface area contributed by atoms with Crippen LogP contribution in [0.1, 0.15) is 21.5 Å². The molecule has 2 aromatic carbocycles. The lowest BCUT2D eigenvalue weighted by Gasteiger charge is -2.17. The molecule has 9 nitrogen and oxygen atoms in total. The van der Waals surface area contributed by atoms with Gasteiger partial charge in [-0.25, -0.2) is 32.7 Å². The molecule has 0 fully saturated rings. The van der Waals surface area contributed by atoms with Gasteiger partial charge in [-0.3, -0.25) is 14.4 Å². The minimum atomic E-state index is -4.11. The van der Waals surface area contributed by atoms with Crippen LogP contribution in [0, 0.1) is 26.8 Å². The average Bonchev–Trinajstić information content (AvgIpc) is 2.82. The molecule has 1 aromatic heterocycles. The largest absolute Gasteiger partial charge is 0.350 e. The molecule has 3 aromatic rings. The fourth-order valence-corrected chi connectivity index (χ4v) is 4.01. The zero-order chi connectivity index (χ0) is 26.6. The molecule has 36 heavy (non-hydrogen) atoms. The first-order valence-corrected chi connectivity index (χ1v) is 12.4. The van der Waals surface area contributed by atoms with E-state index < -0.39 is 68.4 Å². The summed E-state index contributed by atoms with van der Waals surface area (Å²) in [5.41, 5.74) is -0.0962. The maximum Gasteiger partial charge on any atom is 0.300 e. The number of nitrogens with zero attached hydrogens (tertiary/aromatic N) is 1. The van der Waals surface area contributed by atoms with Gasteiger partial charge >= 0.3 is 0 Å². The third-order valence-corrected chi connectivity index (χ3v) is 6.43. The lowest BCUT2D eigenvalue weighted by molar-refractivity contribution is 0.0538. The second-order valence-corrected chi connectivity index (χ2v) is 9.95. The SMILES string of the molecule is CNS(=O)(=O)Nc1nccc(Cc2cc(C(=O)NOC)c(Nc3ccc(I)cc3F)c(F)c2F)c1F. The summed E-state index contributed by atoms with van der Waals surface area (Å²) in [6.45, 7) is 0. The Morgan fingerprint density at radius 1 is 1.06 bits per heavy atom. The van der Waals surface area contributed by atoms with Crippen molar-refractivity contribution < 1.29 is 35.6 Å². The molecule has 0 spiro atoms. The van der Waals surface area contributed by atoms with Gasteiger partial charge < -0.3 is 5.32 Å². The second-order valence-electron chi connectivity index (χ2n) is 7.09. The summed E-state index contributed by atoms with van der Waals surface area (Å²) < 4.78 is 87.2. The molecule has 0 atom stereocenters. The van der Waals surface area contributed by atoms with Crippen LogP contribution in [-0.4, -0.2) is 33.5 Å². The predicted molar refractivity (Wildman–Crippen MR) is 132 cm³/mol. The first kappa shape index (κ1) is 27.6.